The predicted octanol–water partition coefficient (Wildman–Crippen LogP) is 0.628. The Balaban J connectivity index is 2.42. The van der Waals surface area contributed by atoms with Crippen molar-refractivity contribution in [2.45, 2.75) is 37.9 Å². The number of allylic oxidation sites excluding steroid dienone is 1. The normalized spacial score (nSPS) is 42.5. The zero-order chi connectivity index (χ0) is 11.9. The predicted molar refractivity (Wildman–Crippen MR) is 57.6 cm³/mol. The van der Waals surface area contributed by atoms with E-state index in [2.05, 4.69) is 4.74 Å². The van der Waals surface area contributed by atoms with E-state index in [0.717, 1.165) is 12.8 Å². The molecule has 2 N–H and O–H groups in total. The molecular weight excluding hydrogens is 208 g/mol. The fourth-order valence-corrected chi connectivity index (χ4v) is 3.04. The van der Waals surface area contributed by atoms with Crippen LogP contribution in [0, 0.1) is 11.8 Å². The first-order valence-electron chi connectivity index (χ1n) is 5.71. The zero-order valence-electron chi connectivity index (χ0n) is 9.64. The number of hydrogen-bond donors (Lipinski definition) is 2. The van der Waals surface area contributed by atoms with Gasteiger partial charge in [-0.15, -0.1) is 0 Å². The molecule has 0 bridgehead atoms. The summed E-state index contributed by atoms with van der Waals surface area (Å²) in [5.74, 6) is -0.318. The topological polar surface area (TPSA) is 66.8 Å². The molecule has 4 nitrogen and oxygen atoms in total. The summed E-state index contributed by atoms with van der Waals surface area (Å²) in [6, 6.07) is 0. The second kappa shape index (κ2) is 3.86. The molecule has 1 fully saturated rings. The van der Waals surface area contributed by atoms with Crippen molar-refractivity contribution in [2.75, 3.05) is 7.11 Å². The highest BCUT2D eigenvalue weighted by atomic mass is 16.5. The van der Waals surface area contributed by atoms with Crippen LogP contribution in [0.4, 0.5) is 0 Å². The molecule has 2 aliphatic rings. The van der Waals surface area contributed by atoms with Crippen molar-refractivity contribution >= 4 is 5.97 Å². The standard InChI is InChI=1S/C12H18O4/c1-7-5-8-3-4-10(13)12(8,15)9(6-7)11(14)16-2/h6-8,10,13,15H,3-5H2,1-2H3. The fourth-order valence-electron chi connectivity index (χ4n) is 3.04. The highest BCUT2D eigenvalue weighted by Gasteiger charge is 2.55. The summed E-state index contributed by atoms with van der Waals surface area (Å²) in [6.07, 6.45) is 3.00. The minimum atomic E-state index is -1.39. The highest BCUT2D eigenvalue weighted by molar-refractivity contribution is 5.91. The van der Waals surface area contributed by atoms with Crippen molar-refractivity contribution in [1.82, 2.24) is 0 Å². The largest absolute Gasteiger partial charge is 0.466 e. The van der Waals surface area contributed by atoms with Gasteiger partial charge in [0, 0.05) is 0 Å². The van der Waals surface area contributed by atoms with Crippen molar-refractivity contribution in [3.05, 3.63) is 11.6 Å². The van der Waals surface area contributed by atoms with Crippen LogP contribution in [0.15, 0.2) is 11.6 Å². The maximum atomic E-state index is 11.6. The summed E-state index contributed by atoms with van der Waals surface area (Å²) in [4.78, 5) is 11.6. The van der Waals surface area contributed by atoms with Crippen LogP contribution in [0.1, 0.15) is 26.2 Å². The lowest BCUT2D eigenvalue weighted by Gasteiger charge is -2.38. The summed E-state index contributed by atoms with van der Waals surface area (Å²) < 4.78 is 4.68. The number of rotatable bonds is 1. The molecule has 0 amide bonds. The van der Waals surface area contributed by atoms with Crippen LogP contribution in [-0.2, 0) is 9.53 Å². The molecule has 0 aromatic rings. The monoisotopic (exact) mass is 226 g/mol. The molecule has 0 radical (unpaired) electrons. The van der Waals surface area contributed by atoms with Gasteiger partial charge in [0.15, 0.2) is 0 Å². The smallest absolute Gasteiger partial charge is 0.336 e. The van der Waals surface area contributed by atoms with Crippen molar-refractivity contribution in [3.63, 3.8) is 0 Å². The molecule has 0 spiro atoms. The van der Waals surface area contributed by atoms with Gasteiger partial charge in [-0.1, -0.05) is 13.0 Å². The van der Waals surface area contributed by atoms with Gasteiger partial charge >= 0.3 is 5.97 Å². The molecule has 0 heterocycles. The van der Waals surface area contributed by atoms with Crippen molar-refractivity contribution in [1.29, 1.82) is 0 Å². The van der Waals surface area contributed by atoms with E-state index in [9.17, 15) is 15.0 Å². The van der Waals surface area contributed by atoms with E-state index in [1.165, 1.54) is 7.11 Å². The number of fused-ring (bicyclic) bond motifs is 1. The number of carbonyl (C=O) groups is 1. The van der Waals surface area contributed by atoms with Gasteiger partial charge in [-0.25, -0.2) is 4.79 Å². The van der Waals surface area contributed by atoms with Crippen LogP contribution in [0.25, 0.3) is 0 Å². The van der Waals surface area contributed by atoms with E-state index in [1.807, 2.05) is 6.92 Å². The number of aliphatic hydroxyl groups is 2. The molecular formula is C12H18O4. The Morgan fingerprint density at radius 2 is 2.25 bits per heavy atom. The van der Waals surface area contributed by atoms with Crippen molar-refractivity contribution < 1.29 is 19.7 Å². The molecule has 4 atom stereocenters. The summed E-state index contributed by atoms with van der Waals surface area (Å²) in [6.45, 7) is 2.01. The summed E-state index contributed by atoms with van der Waals surface area (Å²) >= 11 is 0. The molecule has 0 saturated heterocycles. The number of methoxy groups -OCH3 is 1. The Morgan fingerprint density at radius 1 is 1.56 bits per heavy atom. The fraction of sp³-hybridized carbons (Fsp3) is 0.750. The van der Waals surface area contributed by atoms with Gasteiger partial charge in [0.05, 0.1) is 18.8 Å². The second-order valence-electron chi connectivity index (χ2n) is 4.90. The number of esters is 1. The SMILES string of the molecule is COC(=O)C1=CC(C)CC2CCC(O)C12O. The van der Waals surface area contributed by atoms with E-state index >= 15 is 0 Å². The minimum Gasteiger partial charge on any atom is -0.466 e. The van der Waals surface area contributed by atoms with Gasteiger partial charge in [0.25, 0.3) is 0 Å². The average molecular weight is 226 g/mol. The number of ether oxygens (including phenoxy) is 1. The number of aliphatic hydroxyl groups excluding tert-OH is 1. The first kappa shape index (κ1) is 11.6. The third-order valence-corrected chi connectivity index (χ3v) is 3.86. The number of hydrogen-bond acceptors (Lipinski definition) is 4. The van der Waals surface area contributed by atoms with E-state index < -0.39 is 17.7 Å². The molecule has 0 aromatic heterocycles. The molecule has 2 aliphatic carbocycles. The van der Waals surface area contributed by atoms with Crippen molar-refractivity contribution in [3.8, 4) is 0 Å². The Morgan fingerprint density at radius 3 is 2.88 bits per heavy atom. The van der Waals surface area contributed by atoms with E-state index in [1.54, 1.807) is 6.08 Å². The molecule has 0 aromatic carbocycles. The Bertz CT molecular complexity index is 336. The first-order chi connectivity index (χ1) is 7.50. The van der Waals surface area contributed by atoms with Crippen LogP contribution in [0.5, 0.6) is 0 Å². The maximum absolute atomic E-state index is 11.6. The summed E-state index contributed by atoms with van der Waals surface area (Å²) in [7, 11) is 1.29. The summed E-state index contributed by atoms with van der Waals surface area (Å²) in [5.41, 5.74) is -1.15. The quantitative estimate of drug-likeness (QED) is 0.643. The van der Waals surface area contributed by atoms with Gasteiger partial charge in [0.1, 0.15) is 5.60 Å². The van der Waals surface area contributed by atoms with Crippen molar-refractivity contribution in [2.24, 2.45) is 11.8 Å². The molecule has 4 heteroatoms. The van der Waals surface area contributed by atoms with Crippen LogP contribution in [0.2, 0.25) is 0 Å². The van der Waals surface area contributed by atoms with Crippen LogP contribution in [-0.4, -0.2) is 35.0 Å². The third kappa shape index (κ3) is 1.48. The first-order valence-corrected chi connectivity index (χ1v) is 5.71. The second-order valence-corrected chi connectivity index (χ2v) is 4.90. The molecule has 4 unspecified atom stereocenters. The molecule has 90 valence electrons. The van der Waals surface area contributed by atoms with Gasteiger partial charge in [-0.3, -0.25) is 0 Å². The van der Waals surface area contributed by atoms with Gasteiger partial charge in [-0.05, 0) is 31.1 Å². The van der Waals surface area contributed by atoms with Crippen LogP contribution < -0.4 is 0 Å². The van der Waals surface area contributed by atoms with E-state index in [-0.39, 0.29) is 17.4 Å². The lowest BCUT2D eigenvalue weighted by Crippen LogP contribution is -2.50. The minimum absolute atomic E-state index is 0.0309. The van der Waals surface area contributed by atoms with Gasteiger partial charge < -0.3 is 14.9 Å². The molecule has 0 aliphatic heterocycles. The lowest BCUT2D eigenvalue weighted by molar-refractivity contribution is -0.143. The maximum Gasteiger partial charge on any atom is 0.336 e. The zero-order valence-corrected chi connectivity index (χ0v) is 9.64. The third-order valence-electron chi connectivity index (χ3n) is 3.86. The average Bonchev–Trinajstić information content (AvgIpc) is 2.55. The Kier molecular flexibility index (Phi) is 2.80. The van der Waals surface area contributed by atoms with E-state index in [4.69, 9.17) is 0 Å². The summed E-state index contributed by atoms with van der Waals surface area (Å²) in [5, 5.41) is 20.4. The van der Waals surface area contributed by atoms with Gasteiger partial charge in [-0.2, -0.15) is 0 Å². The Hall–Kier alpha value is -0.870. The van der Waals surface area contributed by atoms with Crippen LogP contribution >= 0.6 is 0 Å². The molecule has 16 heavy (non-hydrogen) atoms. The van der Waals surface area contributed by atoms with Crippen LogP contribution in [0.3, 0.4) is 0 Å². The van der Waals surface area contributed by atoms with Gasteiger partial charge in [0.2, 0.25) is 0 Å². The number of carbonyl (C=O) groups excluding carboxylic acids is 1. The molecule has 2 rings (SSSR count). The Labute approximate surface area is 94.9 Å². The highest BCUT2D eigenvalue weighted by Crippen LogP contribution is 2.48. The molecule has 1 saturated carbocycles. The lowest BCUT2D eigenvalue weighted by atomic mass is 9.72. The van der Waals surface area contributed by atoms with E-state index in [0.29, 0.717) is 6.42 Å².